The molecule has 7 rings (SSSR count). The van der Waals surface area contributed by atoms with Crippen LogP contribution in [-0.4, -0.2) is 126 Å². The number of carbonyl (C=O) groups excluding carboxylic acids is 2. The minimum atomic E-state index is -4.70. The lowest BCUT2D eigenvalue weighted by Gasteiger charge is -2.60. The largest absolute Gasteiger partial charge is 0.497 e. The molecule has 2 aromatic carbocycles. The Kier molecular flexibility index (Phi) is 9.46. The number of sulfonamides is 1. The number of nitrogens with zero attached hydrogens (tertiary/aromatic N) is 6. The third kappa shape index (κ3) is 5.97. The standard InChI is InChI=1S/C36H41N7O8S/c1-4-51-32-27(6-5-11-38-32)36(39-34(45)42-23-35(24-42)21-41(22-35)13-12-40-14-16-50-17-15-40)28-18-25(20-37)7-9-29(28)43(33(36)44)52(46,47)31-10-8-26(48-2)19-30(31)49-3/h5-11,18-19H,4,12-17,21-24H2,1-3H3,(H,39,45)/t36-/m1/s1. The van der Waals surface area contributed by atoms with Gasteiger partial charge in [0.1, 0.15) is 16.4 Å². The lowest BCUT2D eigenvalue weighted by molar-refractivity contribution is -0.122. The number of hydrogen-bond acceptors (Lipinski definition) is 12. The highest BCUT2D eigenvalue weighted by Crippen LogP contribution is 2.50. The molecule has 0 aliphatic carbocycles. The number of ether oxygens (including phenoxy) is 4. The Hall–Kier alpha value is -4.95. The molecule has 4 aliphatic heterocycles. The van der Waals surface area contributed by atoms with Crippen LogP contribution in [-0.2, 0) is 25.1 Å². The molecular formula is C36H41N7O8S. The number of pyridine rings is 1. The second kappa shape index (κ2) is 13.9. The van der Waals surface area contributed by atoms with Gasteiger partial charge in [-0.1, -0.05) is 0 Å². The number of urea groups is 1. The molecule has 52 heavy (non-hydrogen) atoms. The SMILES string of the molecule is CCOc1ncccc1[C@]1(NC(=O)N2CC3(CN(CCN4CCOCC4)C3)C2)C(=O)N(S(=O)(=O)c2ccc(OC)cc2OC)c2ccc(C#N)cc21. The highest BCUT2D eigenvalue weighted by Gasteiger charge is 2.61. The Morgan fingerprint density at radius 2 is 1.75 bits per heavy atom. The number of benzene rings is 2. The van der Waals surface area contributed by atoms with Crippen LogP contribution in [0.3, 0.4) is 0 Å². The van der Waals surface area contributed by atoms with Crippen LogP contribution < -0.4 is 23.8 Å². The third-order valence-electron chi connectivity index (χ3n) is 10.2. The first-order chi connectivity index (χ1) is 25.1. The second-order valence-corrected chi connectivity index (χ2v) is 15.2. The topological polar surface area (TPSA) is 167 Å². The van der Waals surface area contributed by atoms with Gasteiger partial charge in [0.25, 0.3) is 15.9 Å². The van der Waals surface area contributed by atoms with E-state index in [0.717, 1.165) is 52.5 Å². The van der Waals surface area contributed by atoms with Gasteiger partial charge in [-0.05, 0) is 49.4 Å². The minimum Gasteiger partial charge on any atom is -0.497 e. The van der Waals surface area contributed by atoms with Crippen LogP contribution in [0.2, 0.25) is 0 Å². The number of likely N-dealkylation sites (tertiary alicyclic amines) is 2. The summed E-state index contributed by atoms with van der Waals surface area (Å²) in [4.78, 5) is 39.9. The highest BCUT2D eigenvalue weighted by molar-refractivity contribution is 7.93. The van der Waals surface area contributed by atoms with Crippen molar-refractivity contribution >= 4 is 27.6 Å². The van der Waals surface area contributed by atoms with E-state index in [1.807, 2.05) is 0 Å². The van der Waals surface area contributed by atoms with E-state index >= 15 is 4.79 Å². The molecule has 3 aromatic rings. The molecule has 16 heteroatoms. The first-order valence-corrected chi connectivity index (χ1v) is 18.6. The summed E-state index contributed by atoms with van der Waals surface area (Å²) < 4.78 is 51.9. The van der Waals surface area contributed by atoms with Gasteiger partial charge < -0.3 is 34.1 Å². The van der Waals surface area contributed by atoms with E-state index in [-0.39, 0.29) is 50.9 Å². The number of nitriles is 1. The summed E-state index contributed by atoms with van der Waals surface area (Å²) in [6.45, 7) is 9.85. The lowest BCUT2D eigenvalue weighted by Crippen LogP contribution is -2.74. The van der Waals surface area contributed by atoms with Crippen molar-refractivity contribution in [3.8, 4) is 23.4 Å². The Bertz CT molecular complexity index is 2020. The van der Waals surface area contributed by atoms with E-state index in [9.17, 15) is 18.5 Å². The maximum Gasteiger partial charge on any atom is 0.318 e. The molecule has 3 amide bonds. The summed E-state index contributed by atoms with van der Waals surface area (Å²) in [7, 11) is -1.95. The van der Waals surface area contributed by atoms with Crippen molar-refractivity contribution in [3.63, 3.8) is 0 Å². The Morgan fingerprint density at radius 1 is 1.00 bits per heavy atom. The Morgan fingerprint density at radius 3 is 2.44 bits per heavy atom. The summed E-state index contributed by atoms with van der Waals surface area (Å²) in [6.07, 6.45) is 1.48. The molecule has 1 N–H and O–H groups in total. The molecule has 0 saturated carbocycles. The summed E-state index contributed by atoms with van der Waals surface area (Å²) in [5.74, 6) is -0.667. The van der Waals surface area contributed by atoms with Gasteiger partial charge in [0.05, 0.1) is 56.9 Å². The van der Waals surface area contributed by atoms with E-state index in [1.165, 1.54) is 56.8 Å². The number of hydrogen-bond donors (Lipinski definition) is 1. The molecule has 5 heterocycles. The van der Waals surface area contributed by atoms with Gasteiger partial charge in [-0.25, -0.2) is 18.2 Å². The fourth-order valence-electron chi connectivity index (χ4n) is 7.68. The van der Waals surface area contributed by atoms with Gasteiger partial charge in [-0.2, -0.15) is 9.57 Å². The molecule has 4 aliphatic rings. The molecule has 3 saturated heterocycles. The van der Waals surface area contributed by atoms with Gasteiger partial charge in [0.15, 0.2) is 5.54 Å². The first kappa shape index (κ1) is 35.5. The van der Waals surface area contributed by atoms with Crippen molar-refractivity contribution in [1.82, 2.24) is 25.0 Å². The van der Waals surface area contributed by atoms with Gasteiger partial charge in [0, 0.05) is 75.6 Å². The number of aromatic nitrogens is 1. The van der Waals surface area contributed by atoms with Crippen molar-refractivity contribution in [1.29, 1.82) is 5.26 Å². The minimum absolute atomic E-state index is 0.0308. The van der Waals surface area contributed by atoms with Crippen LogP contribution in [0.4, 0.5) is 10.5 Å². The predicted octanol–water partition coefficient (Wildman–Crippen LogP) is 2.01. The summed E-state index contributed by atoms with van der Waals surface area (Å²) in [5, 5.41) is 12.9. The van der Waals surface area contributed by atoms with Crippen LogP contribution in [0.25, 0.3) is 0 Å². The zero-order valence-corrected chi connectivity index (χ0v) is 30.1. The van der Waals surface area contributed by atoms with Crippen LogP contribution in [0.15, 0.2) is 59.6 Å². The van der Waals surface area contributed by atoms with E-state index in [1.54, 1.807) is 24.0 Å². The van der Waals surface area contributed by atoms with E-state index in [4.69, 9.17) is 18.9 Å². The van der Waals surface area contributed by atoms with Gasteiger partial charge in [0.2, 0.25) is 5.88 Å². The average molecular weight is 732 g/mol. The molecule has 1 atom stereocenters. The molecule has 0 radical (unpaired) electrons. The maximum absolute atomic E-state index is 15.2. The Labute approximate surface area is 302 Å². The lowest BCUT2D eigenvalue weighted by atomic mass is 9.73. The number of carbonyl (C=O) groups is 2. The number of nitrogens with one attached hydrogen (secondary N) is 1. The quantitative estimate of drug-likeness (QED) is 0.305. The van der Waals surface area contributed by atoms with Gasteiger partial charge in [-0.15, -0.1) is 0 Å². The maximum atomic E-state index is 15.2. The van der Waals surface area contributed by atoms with E-state index < -0.39 is 27.5 Å². The molecule has 1 spiro atoms. The Balaban J connectivity index is 1.23. The van der Waals surface area contributed by atoms with Gasteiger partial charge in [-0.3, -0.25) is 9.69 Å². The number of amides is 3. The number of rotatable bonds is 11. The zero-order valence-electron chi connectivity index (χ0n) is 29.3. The smallest absolute Gasteiger partial charge is 0.318 e. The van der Waals surface area contributed by atoms with Crippen LogP contribution in [0, 0.1) is 16.7 Å². The van der Waals surface area contributed by atoms with Crippen molar-refractivity contribution in [2.75, 3.05) is 90.7 Å². The first-order valence-electron chi connectivity index (χ1n) is 17.1. The highest BCUT2D eigenvalue weighted by atomic mass is 32.2. The van der Waals surface area contributed by atoms with Crippen LogP contribution in [0.1, 0.15) is 23.6 Å². The molecule has 0 bridgehead atoms. The second-order valence-electron chi connectivity index (χ2n) is 13.4. The molecule has 3 fully saturated rings. The molecule has 274 valence electrons. The molecule has 0 unspecified atom stereocenters. The van der Waals surface area contributed by atoms with Crippen molar-refractivity contribution in [2.24, 2.45) is 5.41 Å². The third-order valence-corrected chi connectivity index (χ3v) is 11.9. The molecule has 15 nitrogen and oxygen atoms in total. The van der Waals surface area contributed by atoms with Crippen molar-refractivity contribution in [2.45, 2.75) is 17.4 Å². The normalized spacial score (nSPS) is 21.2. The summed E-state index contributed by atoms with van der Waals surface area (Å²) in [6, 6.07) is 13.0. The van der Waals surface area contributed by atoms with Crippen molar-refractivity contribution in [3.05, 3.63) is 71.4 Å². The van der Waals surface area contributed by atoms with E-state index in [2.05, 4.69) is 26.2 Å². The van der Waals surface area contributed by atoms with Crippen LogP contribution in [0.5, 0.6) is 17.4 Å². The van der Waals surface area contributed by atoms with E-state index in [0.29, 0.717) is 23.1 Å². The van der Waals surface area contributed by atoms with Gasteiger partial charge >= 0.3 is 6.03 Å². The fourth-order valence-corrected chi connectivity index (χ4v) is 9.28. The number of fused-ring (bicyclic) bond motifs is 1. The zero-order chi connectivity index (χ0) is 36.7. The number of methoxy groups -OCH3 is 2. The fraction of sp³-hybridized carbons (Fsp3) is 0.444. The summed E-state index contributed by atoms with van der Waals surface area (Å²) in [5.41, 5.74) is -1.86. The number of morpholine rings is 1. The molecule has 1 aromatic heterocycles. The monoisotopic (exact) mass is 731 g/mol. The molecular weight excluding hydrogens is 691 g/mol. The van der Waals surface area contributed by atoms with Crippen LogP contribution >= 0.6 is 0 Å². The number of anilines is 1. The van der Waals surface area contributed by atoms with Crippen molar-refractivity contribution < 1.29 is 37.0 Å². The predicted molar refractivity (Wildman–Crippen MR) is 188 cm³/mol. The average Bonchev–Trinajstić information content (AvgIpc) is 3.37. The summed E-state index contributed by atoms with van der Waals surface area (Å²) >= 11 is 0.